The molecular weight excluding hydrogens is 386 g/mol. The second kappa shape index (κ2) is 7.23. The average molecular weight is 402 g/mol. The van der Waals surface area contributed by atoms with Gasteiger partial charge < -0.3 is 15.0 Å². The van der Waals surface area contributed by atoms with Crippen LogP contribution in [0.1, 0.15) is 22.7 Å². The van der Waals surface area contributed by atoms with Gasteiger partial charge in [0.05, 0.1) is 29.2 Å². The number of halogens is 1. The normalized spacial score (nSPS) is 19.5. The van der Waals surface area contributed by atoms with Gasteiger partial charge in [0.2, 0.25) is 0 Å². The molecule has 0 bridgehead atoms. The lowest BCUT2D eigenvalue weighted by Crippen LogP contribution is -2.29. The number of thiocarbonyl (C=S) groups is 1. The van der Waals surface area contributed by atoms with E-state index in [1.165, 1.54) is 0 Å². The van der Waals surface area contributed by atoms with E-state index in [1.54, 1.807) is 24.6 Å². The lowest BCUT2D eigenvalue weighted by Gasteiger charge is -2.27. The lowest BCUT2D eigenvalue weighted by atomic mass is 10.0. The summed E-state index contributed by atoms with van der Waals surface area (Å²) < 4.78 is 6.14. The molecule has 4 rings (SSSR count). The third-order valence-electron chi connectivity index (χ3n) is 4.32. The molecule has 2 unspecified atom stereocenters. The quantitative estimate of drug-likeness (QED) is 0.624. The van der Waals surface area contributed by atoms with Gasteiger partial charge in [0.25, 0.3) is 0 Å². The smallest absolute Gasteiger partial charge is 0.174 e. The standard InChI is InChI=1S/C19H16ClN3OS2/c1-24-13-6-4-5-12(11-13)23-18(15-8-9-16(20)26-15)17(22-19(23)25)14-7-2-3-10-21-14/h2-11,17-18H,1H3,(H,22,25). The molecule has 2 aromatic heterocycles. The number of nitrogens with one attached hydrogen (secondary N) is 1. The van der Waals surface area contributed by atoms with Gasteiger partial charge in [-0.05, 0) is 48.6 Å². The highest BCUT2D eigenvalue weighted by atomic mass is 35.5. The molecular formula is C19H16ClN3OS2. The molecule has 3 heterocycles. The predicted molar refractivity (Wildman–Crippen MR) is 110 cm³/mol. The Bertz CT molecular complexity index is 931. The zero-order valence-electron chi connectivity index (χ0n) is 13.9. The summed E-state index contributed by atoms with van der Waals surface area (Å²) in [6.45, 7) is 0. The van der Waals surface area contributed by atoms with E-state index in [1.807, 2.05) is 48.5 Å². The molecule has 1 aliphatic rings. The Balaban J connectivity index is 1.82. The van der Waals surface area contributed by atoms with E-state index < -0.39 is 0 Å². The maximum absolute atomic E-state index is 6.22. The first kappa shape index (κ1) is 17.3. The van der Waals surface area contributed by atoms with Crippen molar-refractivity contribution >= 4 is 46.0 Å². The van der Waals surface area contributed by atoms with Gasteiger partial charge >= 0.3 is 0 Å². The fourth-order valence-electron chi connectivity index (χ4n) is 3.17. The summed E-state index contributed by atoms with van der Waals surface area (Å²) in [5.41, 5.74) is 1.91. The van der Waals surface area contributed by atoms with Crippen molar-refractivity contribution in [3.05, 3.63) is 75.7 Å². The third-order valence-corrected chi connectivity index (χ3v) is 5.93. The number of benzene rings is 1. The third kappa shape index (κ3) is 3.16. The zero-order chi connectivity index (χ0) is 18.1. The SMILES string of the molecule is COc1cccc(N2C(=S)NC(c3ccccn3)C2c2ccc(Cl)s2)c1. The Morgan fingerprint density at radius 3 is 2.77 bits per heavy atom. The van der Waals surface area contributed by atoms with Crippen LogP contribution in [0, 0.1) is 0 Å². The van der Waals surface area contributed by atoms with E-state index >= 15 is 0 Å². The average Bonchev–Trinajstić information content (AvgIpc) is 3.25. The summed E-state index contributed by atoms with van der Waals surface area (Å²) in [6.07, 6.45) is 1.80. The molecule has 0 amide bonds. The topological polar surface area (TPSA) is 37.4 Å². The van der Waals surface area contributed by atoms with Crippen molar-refractivity contribution in [2.24, 2.45) is 0 Å². The number of hydrogen-bond donors (Lipinski definition) is 1. The summed E-state index contributed by atoms with van der Waals surface area (Å²) in [6, 6.07) is 17.7. The van der Waals surface area contributed by atoms with E-state index in [0.717, 1.165) is 26.3 Å². The molecule has 4 nitrogen and oxygen atoms in total. The van der Waals surface area contributed by atoms with Crippen LogP contribution in [0.25, 0.3) is 0 Å². The highest BCUT2D eigenvalue weighted by Gasteiger charge is 2.41. The van der Waals surface area contributed by atoms with Crippen molar-refractivity contribution < 1.29 is 4.74 Å². The van der Waals surface area contributed by atoms with E-state index in [2.05, 4.69) is 21.3 Å². The van der Waals surface area contributed by atoms with Crippen molar-refractivity contribution in [2.45, 2.75) is 12.1 Å². The molecule has 2 atom stereocenters. The number of hydrogen-bond acceptors (Lipinski definition) is 4. The molecule has 0 spiro atoms. The van der Waals surface area contributed by atoms with Crippen LogP contribution < -0.4 is 15.0 Å². The molecule has 1 aliphatic heterocycles. The Hall–Kier alpha value is -2.15. The van der Waals surface area contributed by atoms with Crippen LogP contribution in [-0.4, -0.2) is 17.2 Å². The summed E-state index contributed by atoms with van der Waals surface area (Å²) in [5.74, 6) is 0.787. The van der Waals surface area contributed by atoms with E-state index in [0.29, 0.717) is 5.11 Å². The van der Waals surface area contributed by atoms with Crippen LogP contribution in [0.2, 0.25) is 4.34 Å². The van der Waals surface area contributed by atoms with Gasteiger partial charge in [0, 0.05) is 22.8 Å². The predicted octanol–water partition coefficient (Wildman–Crippen LogP) is 4.98. The molecule has 1 aromatic carbocycles. The Kier molecular flexibility index (Phi) is 4.80. The maximum Gasteiger partial charge on any atom is 0.174 e. The van der Waals surface area contributed by atoms with Gasteiger partial charge in [-0.3, -0.25) is 4.98 Å². The monoisotopic (exact) mass is 401 g/mol. The van der Waals surface area contributed by atoms with Gasteiger partial charge in [0.15, 0.2) is 5.11 Å². The number of pyridine rings is 1. The van der Waals surface area contributed by atoms with E-state index in [9.17, 15) is 0 Å². The summed E-state index contributed by atoms with van der Waals surface area (Å²) >= 11 is 13.5. The highest BCUT2D eigenvalue weighted by molar-refractivity contribution is 7.80. The minimum Gasteiger partial charge on any atom is -0.497 e. The Morgan fingerprint density at radius 2 is 2.08 bits per heavy atom. The second-order valence-corrected chi connectivity index (χ2v) is 7.97. The molecule has 26 heavy (non-hydrogen) atoms. The summed E-state index contributed by atoms with van der Waals surface area (Å²) in [5, 5.41) is 4.09. The van der Waals surface area contributed by atoms with Gasteiger partial charge in [-0.25, -0.2) is 0 Å². The van der Waals surface area contributed by atoms with E-state index in [4.69, 9.17) is 28.6 Å². The van der Waals surface area contributed by atoms with Crippen LogP contribution in [0.3, 0.4) is 0 Å². The van der Waals surface area contributed by atoms with Crippen LogP contribution >= 0.6 is 35.2 Å². The molecule has 1 N–H and O–H groups in total. The fourth-order valence-corrected chi connectivity index (χ4v) is 4.71. The first-order valence-electron chi connectivity index (χ1n) is 8.07. The number of nitrogens with zero attached hydrogens (tertiary/aromatic N) is 2. The van der Waals surface area contributed by atoms with Crippen LogP contribution in [-0.2, 0) is 0 Å². The number of aromatic nitrogens is 1. The number of methoxy groups -OCH3 is 1. The van der Waals surface area contributed by atoms with Gasteiger partial charge in [0.1, 0.15) is 5.75 Å². The van der Waals surface area contributed by atoms with Crippen molar-refractivity contribution in [1.82, 2.24) is 10.3 Å². The minimum atomic E-state index is -0.0652. The lowest BCUT2D eigenvalue weighted by molar-refractivity contribution is 0.415. The van der Waals surface area contributed by atoms with Gasteiger partial charge in [-0.15, -0.1) is 11.3 Å². The Labute approximate surface area is 166 Å². The zero-order valence-corrected chi connectivity index (χ0v) is 16.3. The van der Waals surface area contributed by atoms with Gasteiger partial charge in [-0.2, -0.15) is 0 Å². The van der Waals surface area contributed by atoms with Crippen molar-refractivity contribution in [3.8, 4) is 5.75 Å². The second-order valence-electron chi connectivity index (χ2n) is 5.84. The van der Waals surface area contributed by atoms with Crippen molar-refractivity contribution in [3.63, 3.8) is 0 Å². The molecule has 0 radical (unpaired) electrons. The molecule has 7 heteroatoms. The number of anilines is 1. The molecule has 1 saturated heterocycles. The molecule has 1 fully saturated rings. The molecule has 0 saturated carbocycles. The van der Waals surface area contributed by atoms with Crippen molar-refractivity contribution in [1.29, 1.82) is 0 Å². The van der Waals surface area contributed by atoms with Crippen molar-refractivity contribution in [2.75, 3.05) is 12.0 Å². The Morgan fingerprint density at radius 1 is 1.19 bits per heavy atom. The number of rotatable bonds is 4. The van der Waals surface area contributed by atoms with Crippen LogP contribution in [0.5, 0.6) is 5.75 Å². The number of ether oxygens (including phenoxy) is 1. The summed E-state index contributed by atoms with van der Waals surface area (Å²) in [4.78, 5) is 7.77. The largest absolute Gasteiger partial charge is 0.497 e. The maximum atomic E-state index is 6.22. The first-order chi connectivity index (χ1) is 12.7. The van der Waals surface area contributed by atoms with Gasteiger partial charge in [-0.1, -0.05) is 23.7 Å². The first-order valence-corrected chi connectivity index (χ1v) is 9.67. The fraction of sp³-hybridized carbons (Fsp3) is 0.158. The molecule has 3 aromatic rings. The van der Waals surface area contributed by atoms with E-state index in [-0.39, 0.29) is 12.1 Å². The molecule has 0 aliphatic carbocycles. The summed E-state index contributed by atoms with van der Waals surface area (Å²) in [7, 11) is 1.66. The minimum absolute atomic E-state index is 0.0398. The molecule has 132 valence electrons. The van der Waals surface area contributed by atoms with Crippen LogP contribution in [0.15, 0.2) is 60.8 Å². The highest BCUT2D eigenvalue weighted by Crippen LogP contribution is 2.44. The number of thiophene rings is 1. The van der Waals surface area contributed by atoms with Crippen LogP contribution in [0.4, 0.5) is 5.69 Å².